The van der Waals surface area contributed by atoms with Crippen LogP contribution < -0.4 is 10.6 Å². The molecule has 0 unspecified atom stereocenters. The summed E-state index contributed by atoms with van der Waals surface area (Å²) in [6, 6.07) is 7.18. The fraction of sp³-hybridized carbons (Fsp3) is 0.417. The van der Waals surface area contributed by atoms with Gasteiger partial charge in [0.2, 0.25) is 5.91 Å². The zero-order chi connectivity index (χ0) is 11.4. The van der Waals surface area contributed by atoms with Crippen LogP contribution in [0.3, 0.4) is 0 Å². The summed E-state index contributed by atoms with van der Waals surface area (Å²) < 4.78 is 0. The molecule has 1 aromatic rings. The van der Waals surface area contributed by atoms with Crippen molar-refractivity contribution in [2.45, 2.75) is 12.8 Å². The van der Waals surface area contributed by atoms with E-state index in [-0.39, 0.29) is 24.2 Å². The van der Waals surface area contributed by atoms with Crippen molar-refractivity contribution in [3.63, 3.8) is 0 Å². The second-order valence-corrected chi connectivity index (χ2v) is 4.48. The third-order valence-corrected chi connectivity index (χ3v) is 3.03. The smallest absolute Gasteiger partial charge is 0.228 e. The van der Waals surface area contributed by atoms with Crippen LogP contribution in [0.25, 0.3) is 0 Å². The van der Waals surface area contributed by atoms with Gasteiger partial charge >= 0.3 is 0 Å². The van der Waals surface area contributed by atoms with Crippen molar-refractivity contribution >= 4 is 35.6 Å². The van der Waals surface area contributed by atoms with Gasteiger partial charge in [-0.1, -0.05) is 11.6 Å². The minimum Gasteiger partial charge on any atom is -0.326 e. The van der Waals surface area contributed by atoms with Gasteiger partial charge in [0.15, 0.2) is 0 Å². The van der Waals surface area contributed by atoms with E-state index in [2.05, 4.69) is 10.6 Å². The van der Waals surface area contributed by atoms with Gasteiger partial charge in [-0.25, -0.2) is 0 Å². The minimum absolute atomic E-state index is 0. The molecular formula is C12H16Cl2N2O. The molecular weight excluding hydrogens is 259 g/mol. The van der Waals surface area contributed by atoms with E-state index in [1.54, 1.807) is 12.1 Å². The van der Waals surface area contributed by atoms with Crippen LogP contribution in [0.1, 0.15) is 12.8 Å². The van der Waals surface area contributed by atoms with E-state index in [0.29, 0.717) is 5.02 Å². The van der Waals surface area contributed by atoms with E-state index in [0.717, 1.165) is 31.6 Å². The van der Waals surface area contributed by atoms with Crippen LogP contribution in [0, 0.1) is 5.92 Å². The maximum absolute atomic E-state index is 11.9. The third-order valence-electron chi connectivity index (χ3n) is 2.78. The van der Waals surface area contributed by atoms with Gasteiger partial charge in [-0.2, -0.15) is 0 Å². The van der Waals surface area contributed by atoms with Crippen molar-refractivity contribution in [2.75, 3.05) is 18.4 Å². The van der Waals surface area contributed by atoms with Gasteiger partial charge in [0.1, 0.15) is 0 Å². The highest BCUT2D eigenvalue weighted by atomic mass is 35.5. The summed E-state index contributed by atoms with van der Waals surface area (Å²) in [5.41, 5.74) is 0.806. The van der Waals surface area contributed by atoms with Gasteiger partial charge < -0.3 is 10.6 Å². The van der Waals surface area contributed by atoms with Crippen molar-refractivity contribution in [2.24, 2.45) is 5.92 Å². The molecule has 3 nitrogen and oxygen atoms in total. The Morgan fingerprint density at radius 2 is 2.06 bits per heavy atom. The highest BCUT2D eigenvalue weighted by Gasteiger charge is 2.20. The fourth-order valence-electron chi connectivity index (χ4n) is 1.85. The van der Waals surface area contributed by atoms with Crippen molar-refractivity contribution in [1.82, 2.24) is 5.32 Å². The number of anilines is 1. The number of piperidine rings is 1. The van der Waals surface area contributed by atoms with Gasteiger partial charge in [-0.05, 0) is 43.7 Å². The SMILES string of the molecule is Cl.O=C(Nc1ccc(Cl)cc1)[C@@H]1CCCNC1. The van der Waals surface area contributed by atoms with Gasteiger partial charge in [0.05, 0.1) is 5.92 Å². The van der Waals surface area contributed by atoms with Crippen LogP contribution in [0.15, 0.2) is 24.3 Å². The molecule has 2 rings (SSSR count). The summed E-state index contributed by atoms with van der Waals surface area (Å²) in [7, 11) is 0. The molecule has 0 spiro atoms. The minimum atomic E-state index is 0. The van der Waals surface area contributed by atoms with Gasteiger partial charge in [0.25, 0.3) is 0 Å². The molecule has 94 valence electrons. The van der Waals surface area contributed by atoms with Crippen LogP contribution in [-0.4, -0.2) is 19.0 Å². The topological polar surface area (TPSA) is 41.1 Å². The first kappa shape index (κ1) is 14.3. The van der Waals surface area contributed by atoms with Crippen molar-refractivity contribution in [3.8, 4) is 0 Å². The van der Waals surface area contributed by atoms with Crippen LogP contribution >= 0.6 is 24.0 Å². The molecule has 1 fully saturated rings. The predicted octanol–water partition coefficient (Wildman–Crippen LogP) is 2.70. The normalized spacial score (nSPS) is 19.2. The van der Waals surface area contributed by atoms with Crippen LogP contribution in [-0.2, 0) is 4.79 Å². The summed E-state index contributed by atoms with van der Waals surface area (Å²) >= 11 is 5.77. The first-order valence-corrected chi connectivity index (χ1v) is 5.90. The van der Waals surface area contributed by atoms with E-state index >= 15 is 0 Å². The number of carbonyl (C=O) groups is 1. The number of hydrogen-bond acceptors (Lipinski definition) is 2. The molecule has 5 heteroatoms. The molecule has 1 aromatic carbocycles. The monoisotopic (exact) mass is 274 g/mol. The maximum Gasteiger partial charge on any atom is 0.228 e. The summed E-state index contributed by atoms with van der Waals surface area (Å²) in [6.45, 7) is 1.80. The standard InChI is InChI=1S/C12H15ClN2O.ClH/c13-10-3-5-11(6-4-10)15-12(16)9-2-1-7-14-8-9;/h3-6,9,14H,1-2,7-8H2,(H,15,16);1H/t9-;/m1./s1. The average Bonchev–Trinajstić information content (AvgIpc) is 2.33. The van der Waals surface area contributed by atoms with Gasteiger partial charge in [0, 0.05) is 17.3 Å². The van der Waals surface area contributed by atoms with E-state index in [9.17, 15) is 4.79 Å². The molecule has 1 amide bonds. The Morgan fingerprint density at radius 1 is 1.35 bits per heavy atom. The summed E-state index contributed by atoms with van der Waals surface area (Å²) in [4.78, 5) is 11.9. The van der Waals surface area contributed by atoms with Crippen LogP contribution in [0.2, 0.25) is 5.02 Å². The lowest BCUT2D eigenvalue weighted by Crippen LogP contribution is -2.37. The van der Waals surface area contributed by atoms with Crippen LogP contribution in [0.4, 0.5) is 5.69 Å². The van der Waals surface area contributed by atoms with E-state index < -0.39 is 0 Å². The second-order valence-electron chi connectivity index (χ2n) is 4.04. The number of rotatable bonds is 2. The maximum atomic E-state index is 11.9. The summed E-state index contributed by atoms with van der Waals surface area (Å²) in [5, 5.41) is 6.81. The highest BCUT2D eigenvalue weighted by Crippen LogP contribution is 2.16. The third kappa shape index (κ3) is 4.19. The van der Waals surface area contributed by atoms with Crippen molar-refractivity contribution in [3.05, 3.63) is 29.3 Å². The van der Waals surface area contributed by atoms with Crippen LogP contribution in [0.5, 0.6) is 0 Å². The molecule has 0 radical (unpaired) electrons. The van der Waals surface area contributed by atoms with E-state index in [1.807, 2.05) is 12.1 Å². The quantitative estimate of drug-likeness (QED) is 0.871. The molecule has 1 atom stereocenters. The summed E-state index contributed by atoms with van der Waals surface area (Å²) in [5.74, 6) is 0.180. The Labute approximate surface area is 112 Å². The van der Waals surface area contributed by atoms with Crippen molar-refractivity contribution < 1.29 is 4.79 Å². The fourth-order valence-corrected chi connectivity index (χ4v) is 1.98. The molecule has 0 saturated carbocycles. The molecule has 17 heavy (non-hydrogen) atoms. The lowest BCUT2D eigenvalue weighted by atomic mass is 9.99. The number of benzene rings is 1. The number of hydrogen-bond donors (Lipinski definition) is 2. The zero-order valence-electron chi connectivity index (χ0n) is 9.41. The summed E-state index contributed by atoms with van der Waals surface area (Å²) in [6.07, 6.45) is 2.03. The Balaban J connectivity index is 0.00000144. The highest BCUT2D eigenvalue weighted by molar-refractivity contribution is 6.30. The Kier molecular flexibility index (Phi) is 5.75. The Morgan fingerprint density at radius 3 is 2.65 bits per heavy atom. The van der Waals surface area contributed by atoms with Gasteiger partial charge in [-0.3, -0.25) is 4.79 Å². The molecule has 1 aliphatic rings. The molecule has 0 bridgehead atoms. The first-order chi connectivity index (χ1) is 7.75. The number of halogens is 2. The Bertz CT molecular complexity index is 361. The second kappa shape index (κ2) is 6.84. The average molecular weight is 275 g/mol. The van der Waals surface area contributed by atoms with Gasteiger partial charge in [-0.15, -0.1) is 12.4 Å². The van der Waals surface area contributed by atoms with E-state index in [4.69, 9.17) is 11.6 Å². The molecule has 0 aromatic heterocycles. The Hall–Kier alpha value is -0.770. The van der Waals surface area contributed by atoms with Crippen molar-refractivity contribution in [1.29, 1.82) is 0 Å². The van der Waals surface area contributed by atoms with E-state index in [1.165, 1.54) is 0 Å². The number of nitrogens with one attached hydrogen (secondary N) is 2. The zero-order valence-corrected chi connectivity index (χ0v) is 11.0. The first-order valence-electron chi connectivity index (χ1n) is 5.53. The molecule has 1 aliphatic heterocycles. The molecule has 2 N–H and O–H groups in total. The number of carbonyl (C=O) groups excluding carboxylic acids is 1. The molecule has 1 heterocycles. The number of amides is 1. The molecule has 0 aliphatic carbocycles. The largest absolute Gasteiger partial charge is 0.326 e. The lowest BCUT2D eigenvalue weighted by molar-refractivity contribution is -0.120. The molecule has 1 saturated heterocycles. The lowest BCUT2D eigenvalue weighted by Gasteiger charge is -2.21. The predicted molar refractivity (Wildman–Crippen MR) is 72.9 cm³/mol.